The molecule has 1 N–H and O–H groups in total. The van der Waals surface area contributed by atoms with Gasteiger partial charge in [-0.05, 0) is 43.9 Å². The van der Waals surface area contributed by atoms with Crippen LogP contribution in [0.2, 0.25) is 0 Å². The van der Waals surface area contributed by atoms with Gasteiger partial charge in [0.15, 0.2) is 0 Å². The summed E-state index contributed by atoms with van der Waals surface area (Å²) in [5.74, 6) is 1.61. The summed E-state index contributed by atoms with van der Waals surface area (Å²) >= 11 is 0. The first kappa shape index (κ1) is 17.9. The number of carbonyl (C=O) groups excluding carboxylic acids is 1. The van der Waals surface area contributed by atoms with Crippen molar-refractivity contribution in [3.63, 3.8) is 0 Å². The summed E-state index contributed by atoms with van der Waals surface area (Å²) in [6.07, 6.45) is 1.64. The molecule has 130 valence electrons. The number of carbonyl (C=O) groups is 1. The second kappa shape index (κ2) is 8.40. The number of ether oxygens (including phenoxy) is 1. The molecule has 24 heavy (non-hydrogen) atoms. The maximum Gasteiger partial charge on any atom is 0.317 e. The smallest absolute Gasteiger partial charge is 0.317 e. The lowest BCUT2D eigenvalue weighted by Crippen LogP contribution is -2.41. The minimum atomic E-state index is -0.128. The number of urea groups is 1. The zero-order valence-corrected chi connectivity index (χ0v) is 14.7. The monoisotopic (exact) mass is 331 g/mol. The molecule has 1 aromatic heterocycles. The molecule has 2 amide bonds. The van der Waals surface area contributed by atoms with Crippen molar-refractivity contribution in [2.24, 2.45) is 0 Å². The van der Waals surface area contributed by atoms with Gasteiger partial charge in [-0.15, -0.1) is 0 Å². The quantitative estimate of drug-likeness (QED) is 0.847. The van der Waals surface area contributed by atoms with E-state index in [1.807, 2.05) is 55.4 Å². The molecule has 0 saturated heterocycles. The van der Waals surface area contributed by atoms with E-state index >= 15 is 0 Å². The Morgan fingerprint density at radius 2 is 2.04 bits per heavy atom. The number of furan rings is 1. The highest BCUT2D eigenvalue weighted by Crippen LogP contribution is 2.18. The van der Waals surface area contributed by atoms with Crippen LogP contribution in [0.15, 0.2) is 47.1 Å². The average molecular weight is 331 g/mol. The highest BCUT2D eigenvalue weighted by molar-refractivity contribution is 5.73. The number of rotatable bonds is 7. The Labute approximate surface area is 143 Å². The van der Waals surface area contributed by atoms with Gasteiger partial charge in [0.1, 0.15) is 11.5 Å². The number of nitrogens with one attached hydrogen (secondary N) is 1. The number of hydrogen-bond donors (Lipinski definition) is 1. The van der Waals surface area contributed by atoms with Crippen LogP contribution in [0.3, 0.4) is 0 Å². The van der Waals surface area contributed by atoms with Gasteiger partial charge in [-0.1, -0.05) is 12.1 Å². The first-order chi connectivity index (χ1) is 11.5. The second-order valence-electron chi connectivity index (χ2n) is 5.89. The molecule has 6 heteroatoms. The summed E-state index contributed by atoms with van der Waals surface area (Å²) in [5, 5.41) is 2.96. The van der Waals surface area contributed by atoms with Gasteiger partial charge in [0.05, 0.1) is 19.4 Å². The molecule has 0 saturated carbocycles. The molecule has 1 atom stereocenters. The first-order valence-electron chi connectivity index (χ1n) is 7.83. The van der Waals surface area contributed by atoms with Crippen LogP contribution in [0.1, 0.15) is 17.4 Å². The number of methoxy groups -OCH3 is 1. The van der Waals surface area contributed by atoms with Crippen molar-refractivity contribution in [1.82, 2.24) is 15.1 Å². The van der Waals surface area contributed by atoms with Crippen LogP contribution in [0.25, 0.3) is 0 Å². The molecule has 1 heterocycles. The molecule has 6 nitrogen and oxygen atoms in total. The molecule has 0 aliphatic rings. The molecule has 0 aliphatic heterocycles. The van der Waals surface area contributed by atoms with Crippen LogP contribution in [0, 0.1) is 0 Å². The second-order valence-corrected chi connectivity index (χ2v) is 5.89. The molecule has 2 rings (SSSR count). The summed E-state index contributed by atoms with van der Waals surface area (Å²) in [5.41, 5.74) is 1.02. The van der Waals surface area contributed by atoms with E-state index in [9.17, 15) is 4.79 Å². The third-order valence-corrected chi connectivity index (χ3v) is 3.84. The van der Waals surface area contributed by atoms with Crippen LogP contribution in [0.4, 0.5) is 4.79 Å². The zero-order chi connectivity index (χ0) is 17.5. The number of benzene rings is 1. The maximum absolute atomic E-state index is 12.3. The largest absolute Gasteiger partial charge is 0.497 e. The van der Waals surface area contributed by atoms with E-state index in [1.54, 1.807) is 25.3 Å². The summed E-state index contributed by atoms with van der Waals surface area (Å²) < 4.78 is 10.7. The number of hydrogen-bond acceptors (Lipinski definition) is 4. The summed E-state index contributed by atoms with van der Waals surface area (Å²) in [6.45, 7) is 0.984. The van der Waals surface area contributed by atoms with Crippen LogP contribution in [-0.4, -0.2) is 50.6 Å². The summed E-state index contributed by atoms with van der Waals surface area (Å²) in [7, 11) is 7.32. The van der Waals surface area contributed by atoms with Crippen molar-refractivity contribution in [1.29, 1.82) is 0 Å². The predicted molar refractivity (Wildman–Crippen MR) is 93.0 cm³/mol. The third kappa shape index (κ3) is 4.76. The molecule has 0 fully saturated rings. The van der Waals surface area contributed by atoms with Gasteiger partial charge in [0, 0.05) is 20.1 Å². The van der Waals surface area contributed by atoms with Crippen molar-refractivity contribution in [3.05, 3.63) is 54.0 Å². The Morgan fingerprint density at radius 1 is 1.25 bits per heavy atom. The van der Waals surface area contributed by atoms with Gasteiger partial charge < -0.3 is 19.4 Å². The molecular weight excluding hydrogens is 306 g/mol. The first-order valence-corrected chi connectivity index (χ1v) is 7.83. The Kier molecular flexibility index (Phi) is 6.26. The van der Waals surface area contributed by atoms with E-state index in [2.05, 4.69) is 5.32 Å². The topological polar surface area (TPSA) is 58.0 Å². The minimum absolute atomic E-state index is 0.00540. The molecule has 0 spiro atoms. The lowest BCUT2D eigenvalue weighted by Gasteiger charge is -2.24. The van der Waals surface area contributed by atoms with Crippen LogP contribution < -0.4 is 10.1 Å². The molecular formula is C18H25N3O3. The fraction of sp³-hybridized carbons (Fsp3) is 0.389. The minimum Gasteiger partial charge on any atom is -0.497 e. The molecule has 2 aromatic rings. The van der Waals surface area contributed by atoms with Crippen LogP contribution in [0.5, 0.6) is 5.75 Å². The summed E-state index contributed by atoms with van der Waals surface area (Å²) in [4.78, 5) is 16.0. The third-order valence-electron chi connectivity index (χ3n) is 3.84. The molecule has 1 aromatic carbocycles. The van der Waals surface area contributed by atoms with E-state index < -0.39 is 0 Å². The Hall–Kier alpha value is -2.47. The Bertz CT molecular complexity index is 641. The summed E-state index contributed by atoms with van der Waals surface area (Å²) in [6, 6.07) is 11.3. The SMILES string of the molecule is COc1cccc(CN(C)C(=O)NCC(c2ccco2)N(C)C)c1. The van der Waals surface area contributed by atoms with Gasteiger partial charge in [-0.25, -0.2) is 4.79 Å². The molecule has 0 radical (unpaired) electrons. The number of likely N-dealkylation sites (N-methyl/N-ethyl adjacent to an activating group) is 1. The number of nitrogens with zero attached hydrogens (tertiary/aromatic N) is 2. The van der Waals surface area contributed by atoms with E-state index in [0.717, 1.165) is 17.1 Å². The van der Waals surface area contributed by atoms with Gasteiger partial charge in [0.25, 0.3) is 0 Å². The van der Waals surface area contributed by atoms with Crippen molar-refractivity contribution in [2.75, 3.05) is 34.8 Å². The normalized spacial score (nSPS) is 12.0. The number of amides is 2. The van der Waals surface area contributed by atoms with Crippen LogP contribution >= 0.6 is 0 Å². The highest BCUT2D eigenvalue weighted by atomic mass is 16.5. The average Bonchev–Trinajstić information content (AvgIpc) is 3.08. The molecule has 1 unspecified atom stereocenters. The molecule has 0 aliphatic carbocycles. The fourth-order valence-corrected chi connectivity index (χ4v) is 2.45. The van der Waals surface area contributed by atoms with E-state index in [0.29, 0.717) is 13.1 Å². The fourth-order valence-electron chi connectivity index (χ4n) is 2.45. The van der Waals surface area contributed by atoms with Crippen molar-refractivity contribution in [2.45, 2.75) is 12.6 Å². The van der Waals surface area contributed by atoms with Crippen molar-refractivity contribution >= 4 is 6.03 Å². The lowest BCUT2D eigenvalue weighted by atomic mass is 10.2. The van der Waals surface area contributed by atoms with Gasteiger partial charge in [-0.2, -0.15) is 0 Å². The Morgan fingerprint density at radius 3 is 2.67 bits per heavy atom. The van der Waals surface area contributed by atoms with E-state index in [4.69, 9.17) is 9.15 Å². The highest BCUT2D eigenvalue weighted by Gasteiger charge is 2.19. The Balaban J connectivity index is 1.91. The molecule has 0 bridgehead atoms. The van der Waals surface area contributed by atoms with Gasteiger partial charge in [-0.3, -0.25) is 4.90 Å². The van der Waals surface area contributed by atoms with Crippen molar-refractivity contribution in [3.8, 4) is 5.75 Å². The zero-order valence-electron chi connectivity index (χ0n) is 14.7. The van der Waals surface area contributed by atoms with Gasteiger partial charge in [0.2, 0.25) is 0 Å². The van der Waals surface area contributed by atoms with E-state index in [1.165, 1.54) is 0 Å². The van der Waals surface area contributed by atoms with E-state index in [-0.39, 0.29) is 12.1 Å². The lowest BCUT2D eigenvalue weighted by molar-refractivity contribution is 0.197. The van der Waals surface area contributed by atoms with Crippen molar-refractivity contribution < 1.29 is 13.9 Å². The maximum atomic E-state index is 12.3. The van der Waals surface area contributed by atoms with Gasteiger partial charge >= 0.3 is 6.03 Å². The van der Waals surface area contributed by atoms with Crippen LogP contribution in [-0.2, 0) is 6.54 Å². The predicted octanol–water partition coefficient (Wildman–Crippen LogP) is 2.73. The standard InChI is InChI=1S/C18H25N3O3/c1-20(2)16(17-9-6-10-24-17)12-19-18(22)21(3)13-14-7-5-8-15(11-14)23-4/h5-11,16H,12-13H2,1-4H3,(H,19,22).